The fourth-order valence-electron chi connectivity index (χ4n) is 3.49. The van der Waals surface area contributed by atoms with Crippen molar-refractivity contribution in [1.82, 2.24) is 4.90 Å². The Bertz CT molecular complexity index is 523. The van der Waals surface area contributed by atoms with Crippen LogP contribution in [0.4, 0.5) is 0 Å². The molecule has 2 atom stereocenters. The summed E-state index contributed by atoms with van der Waals surface area (Å²) >= 11 is 0. The van der Waals surface area contributed by atoms with Crippen LogP contribution in [0, 0.1) is 5.92 Å². The highest BCUT2D eigenvalue weighted by Gasteiger charge is 2.29. The fraction of sp³-hybridized carbons (Fsp3) is 0.500. The number of carbonyl (C=O) groups is 1. The molecule has 0 spiro atoms. The van der Waals surface area contributed by atoms with E-state index in [1.165, 1.54) is 11.1 Å². The molecule has 1 fully saturated rings. The van der Waals surface area contributed by atoms with Crippen LogP contribution in [0.15, 0.2) is 36.4 Å². The SMILES string of the molecule is NC1CCCC(C(=O)N2CC=C(c3ccccc3)CC2)C1. The van der Waals surface area contributed by atoms with Crippen LogP contribution in [0.5, 0.6) is 0 Å². The van der Waals surface area contributed by atoms with Crippen LogP contribution in [0.1, 0.15) is 37.7 Å². The van der Waals surface area contributed by atoms with E-state index in [-0.39, 0.29) is 12.0 Å². The van der Waals surface area contributed by atoms with Crippen molar-refractivity contribution in [2.24, 2.45) is 11.7 Å². The lowest BCUT2D eigenvalue weighted by atomic mass is 9.85. The van der Waals surface area contributed by atoms with Crippen molar-refractivity contribution in [1.29, 1.82) is 0 Å². The van der Waals surface area contributed by atoms with Gasteiger partial charge in [0.25, 0.3) is 0 Å². The second-order valence-corrected chi connectivity index (χ2v) is 6.25. The monoisotopic (exact) mass is 284 g/mol. The molecule has 3 nitrogen and oxygen atoms in total. The lowest BCUT2D eigenvalue weighted by Gasteiger charge is -2.33. The lowest BCUT2D eigenvalue weighted by molar-refractivity contribution is -0.136. The number of nitrogens with two attached hydrogens (primary N) is 1. The molecule has 1 aromatic carbocycles. The number of benzene rings is 1. The highest BCUT2D eigenvalue weighted by molar-refractivity contribution is 5.80. The van der Waals surface area contributed by atoms with Crippen molar-refractivity contribution >= 4 is 11.5 Å². The van der Waals surface area contributed by atoms with Gasteiger partial charge in [-0.1, -0.05) is 42.8 Å². The minimum absolute atomic E-state index is 0.153. The fourth-order valence-corrected chi connectivity index (χ4v) is 3.49. The molecule has 0 bridgehead atoms. The van der Waals surface area contributed by atoms with Gasteiger partial charge in [-0.15, -0.1) is 0 Å². The Labute approximate surface area is 126 Å². The van der Waals surface area contributed by atoms with Gasteiger partial charge in [0.05, 0.1) is 0 Å². The predicted octanol–water partition coefficient (Wildman–Crippen LogP) is 2.82. The normalized spacial score (nSPS) is 26.3. The third-order valence-electron chi connectivity index (χ3n) is 4.73. The summed E-state index contributed by atoms with van der Waals surface area (Å²) in [5.41, 5.74) is 8.65. The molecule has 0 radical (unpaired) electrons. The molecule has 1 aromatic rings. The molecule has 2 aliphatic rings. The number of hydrogen-bond acceptors (Lipinski definition) is 2. The molecular weight excluding hydrogens is 260 g/mol. The van der Waals surface area contributed by atoms with Gasteiger partial charge >= 0.3 is 0 Å². The number of amides is 1. The molecule has 1 aliphatic heterocycles. The summed E-state index contributed by atoms with van der Waals surface area (Å²) in [6.07, 6.45) is 7.20. The number of nitrogens with zero attached hydrogens (tertiary/aromatic N) is 1. The molecule has 0 aromatic heterocycles. The van der Waals surface area contributed by atoms with E-state index in [1.54, 1.807) is 0 Å². The van der Waals surface area contributed by atoms with E-state index in [4.69, 9.17) is 5.73 Å². The summed E-state index contributed by atoms with van der Waals surface area (Å²) in [4.78, 5) is 14.6. The second-order valence-electron chi connectivity index (χ2n) is 6.25. The third kappa shape index (κ3) is 3.35. The maximum atomic E-state index is 12.6. The first-order chi connectivity index (χ1) is 10.2. The highest BCUT2D eigenvalue weighted by atomic mass is 16.2. The van der Waals surface area contributed by atoms with Crippen molar-refractivity contribution in [3.8, 4) is 0 Å². The largest absolute Gasteiger partial charge is 0.338 e. The molecule has 3 rings (SSSR count). The van der Waals surface area contributed by atoms with Crippen molar-refractivity contribution in [2.75, 3.05) is 13.1 Å². The Morgan fingerprint density at radius 3 is 2.67 bits per heavy atom. The molecule has 1 aliphatic carbocycles. The van der Waals surface area contributed by atoms with Crippen molar-refractivity contribution in [3.63, 3.8) is 0 Å². The van der Waals surface area contributed by atoms with E-state index >= 15 is 0 Å². The average Bonchev–Trinajstić information content (AvgIpc) is 2.55. The van der Waals surface area contributed by atoms with Gasteiger partial charge in [0.1, 0.15) is 0 Å². The van der Waals surface area contributed by atoms with Crippen molar-refractivity contribution in [2.45, 2.75) is 38.1 Å². The quantitative estimate of drug-likeness (QED) is 0.907. The van der Waals surface area contributed by atoms with Gasteiger partial charge in [0.2, 0.25) is 5.91 Å². The lowest BCUT2D eigenvalue weighted by Crippen LogP contribution is -2.42. The topological polar surface area (TPSA) is 46.3 Å². The molecule has 3 heteroatoms. The minimum Gasteiger partial charge on any atom is -0.338 e. The maximum Gasteiger partial charge on any atom is 0.226 e. The van der Waals surface area contributed by atoms with E-state index < -0.39 is 0 Å². The Hall–Kier alpha value is -1.61. The Kier molecular flexibility index (Phi) is 4.39. The molecule has 1 saturated carbocycles. The molecule has 112 valence electrons. The molecule has 21 heavy (non-hydrogen) atoms. The van der Waals surface area contributed by atoms with Gasteiger partial charge < -0.3 is 10.6 Å². The van der Waals surface area contributed by atoms with E-state index in [9.17, 15) is 4.79 Å². The van der Waals surface area contributed by atoms with Crippen LogP contribution in [-0.4, -0.2) is 29.9 Å². The molecule has 2 unspecified atom stereocenters. The van der Waals surface area contributed by atoms with Gasteiger partial charge in [-0.3, -0.25) is 4.79 Å². The number of hydrogen-bond donors (Lipinski definition) is 1. The molecule has 0 saturated heterocycles. The summed E-state index contributed by atoms with van der Waals surface area (Å²) in [5.74, 6) is 0.467. The van der Waals surface area contributed by atoms with Gasteiger partial charge in [-0.2, -0.15) is 0 Å². The number of rotatable bonds is 2. The molecule has 2 N–H and O–H groups in total. The smallest absolute Gasteiger partial charge is 0.226 e. The van der Waals surface area contributed by atoms with E-state index in [0.717, 1.165) is 45.2 Å². The zero-order chi connectivity index (χ0) is 14.7. The van der Waals surface area contributed by atoms with Crippen molar-refractivity contribution in [3.05, 3.63) is 42.0 Å². The van der Waals surface area contributed by atoms with Gasteiger partial charge in [0, 0.05) is 25.0 Å². The van der Waals surface area contributed by atoms with Crippen LogP contribution in [0.2, 0.25) is 0 Å². The zero-order valence-corrected chi connectivity index (χ0v) is 12.5. The van der Waals surface area contributed by atoms with Crippen LogP contribution in [0.25, 0.3) is 5.57 Å². The molecule has 1 amide bonds. The highest BCUT2D eigenvalue weighted by Crippen LogP contribution is 2.27. The van der Waals surface area contributed by atoms with Crippen LogP contribution < -0.4 is 5.73 Å². The Morgan fingerprint density at radius 1 is 1.19 bits per heavy atom. The van der Waals surface area contributed by atoms with E-state index in [2.05, 4.69) is 30.3 Å². The summed E-state index contributed by atoms with van der Waals surface area (Å²) in [5, 5.41) is 0. The summed E-state index contributed by atoms with van der Waals surface area (Å²) < 4.78 is 0. The maximum absolute atomic E-state index is 12.6. The summed E-state index contributed by atoms with van der Waals surface area (Å²) in [6.45, 7) is 1.58. The van der Waals surface area contributed by atoms with Gasteiger partial charge in [-0.05, 0) is 36.8 Å². The second kappa shape index (κ2) is 6.44. The first-order valence-corrected chi connectivity index (χ1v) is 8.03. The molecule has 1 heterocycles. The van der Waals surface area contributed by atoms with Gasteiger partial charge in [-0.25, -0.2) is 0 Å². The van der Waals surface area contributed by atoms with Crippen molar-refractivity contribution < 1.29 is 4.79 Å². The van der Waals surface area contributed by atoms with Gasteiger partial charge in [0.15, 0.2) is 0 Å². The first kappa shape index (κ1) is 14.3. The van der Waals surface area contributed by atoms with Crippen LogP contribution in [-0.2, 0) is 4.79 Å². The predicted molar refractivity (Wildman–Crippen MR) is 85.5 cm³/mol. The Morgan fingerprint density at radius 2 is 2.00 bits per heavy atom. The Balaban J connectivity index is 1.62. The van der Waals surface area contributed by atoms with Crippen LogP contribution >= 0.6 is 0 Å². The number of carbonyl (C=O) groups excluding carboxylic acids is 1. The minimum atomic E-state index is 0.153. The standard InChI is InChI=1S/C18H24N2O/c19-17-8-4-7-16(13-17)18(21)20-11-9-15(10-12-20)14-5-2-1-3-6-14/h1-3,5-6,9,16-17H,4,7-8,10-13,19H2. The van der Waals surface area contributed by atoms with E-state index in [1.807, 2.05) is 11.0 Å². The summed E-state index contributed by atoms with van der Waals surface area (Å²) in [7, 11) is 0. The van der Waals surface area contributed by atoms with E-state index in [0.29, 0.717) is 5.91 Å². The first-order valence-electron chi connectivity index (χ1n) is 8.03. The average molecular weight is 284 g/mol. The zero-order valence-electron chi connectivity index (χ0n) is 12.5. The summed E-state index contributed by atoms with van der Waals surface area (Å²) in [6, 6.07) is 10.7. The molecular formula is C18H24N2O. The van der Waals surface area contributed by atoms with Crippen LogP contribution in [0.3, 0.4) is 0 Å². The third-order valence-corrected chi connectivity index (χ3v) is 4.73.